The van der Waals surface area contributed by atoms with E-state index in [9.17, 15) is 9.59 Å². The van der Waals surface area contributed by atoms with Gasteiger partial charge in [-0.2, -0.15) is 0 Å². The minimum absolute atomic E-state index is 0.131. The number of hydrogen-bond acceptors (Lipinski definition) is 4. The number of amides is 2. The van der Waals surface area contributed by atoms with Crippen LogP contribution in [0.15, 0.2) is 72.6 Å². The highest BCUT2D eigenvalue weighted by Crippen LogP contribution is 2.32. The van der Waals surface area contributed by atoms with Crippen molar-refractivity contribution in [3.63, 3.8) is 0 Å². The molecule has 0 saturated heterocycles. The van der Waals surface area contributed by atoms with E-state index in [0.29, 0.717) is 17.0 Å². The van der Waals surface area contributed by atoms with Gasteiger partial charge in [-0.05, 0) is 55.7 Å². The predicted octanol–water partition coefficient (Wildman–Crippen LogP) is 4.40. The second kappa shape index (κ2) is 7.95. The molecular formula is C25H23N3O2. The van der Waals surface area contributed by atoms with Gasteiger partial charge in [-0.3, -0.25) is 19.5 Å². The van der Waals surface area contributed by atoms with Crippen LogP contribution >= 0.6 is 0 Å². The van der Waals surface area contributed by atoms with Gasteiger partial charge in [-0.15, -0.1) is 0 Å². The number of imide groups is 1. The van der Waals surface area contributed by atoms with Crippen molar-refractivity contribution < 1.29 is 9.59 Å². The van der Waals surface area contributed by atoms with Gasteiger partial charge in [-0.25, -0.2) is 0 Å². The zero-order valence-corrected chi connectivity index (χ0v) is 17.3. The fraction of sp³-hybridized carbons (Fsp3) is 0.160. The number of aryl methyl sites for hydroxylation is 2. The van der Waals surface area contributed by atoms with Gasteiger partial charge in [0.05, 0.1) is 17.8 Å². The van der Waals surface area contributed by atoms with Gasteiger partial charge < -0.3 is 5.32 Å². The van der Waals surface area contributed by atoms with Crippen molar-refractivity contribution >= 4 is 23.1 Å². The Bertz CT molecular complexity index is 1150. The van der Waals surface area contributed by atoms with Crippen LogP contribution in [0.1, 0.15) is 27.9 Å². The third-order valence-electron chi connectivity index (χ3n) is 5.42. The Labute approximate surface area is 176 Å². The zero-order valence-electron chi connectivity index (χ0n) is 17.3. The number of rotatable bonds is 5. The molecule has 1 N–H and O–H groups in total. The van der Waals surface area contributed by atoms with Gasteiger partial charge in [0.2, 0.25) is 0 Å². The number of hydrogen-bond donors (Lipinski definition) is 1. The lowest BCUT2D eigenvalue weighted by molar-refractivity contribution is -0.137. The van der Waals surface area contributed by atoms with Crippen molar-refractivity contribution in [3.8, 4) is 0 Å². The highest BCUT2D eigenvalue weighted by molar-refractivity contribution is 6.36. The molecule has 30 heavy (non-hydrogen) atoms. The van der Waals surface area contributed by atoms with Crippen molar-refractivity contribution in [2.24, 2.45) is 0 Å². The maximum atomic E-state index is 13.3. The van der Waals surface area contributed by atoms with E-state index in [1.807, 2.05) is 75.4 Å². The van der Waals surface area contributed by atoms with E-state index >= 15 is 0 Å². The molecule has 0 spiro atoms. The molecule has 4 rings (SSSR count). The molecule has 2 heterocycles. The first-order chi connectivity index (χ1) is 14.5. The molecule has 2 amide bonds. The topological polar surface area (TPSA) is 62.3 Å². The van der Waals surface area contributed by atoms with Crippen molar-refractivity contribution in [2.75, 3.05) is 5.32 Å². The van der Waals surface area contributed by atoms with Crippen LogP contribution in [-0.4, -0.2) is 21.7 Å². The molecule has 3 aromatic rings. The van der Waals surface area contributed by atoms with Crippen LogP contribution in [0.5, 0.6) is 0 Å². The maximum absolute atomic E-state index is 13.3. The first-order valence-electron chi connectivity index (χ1n) is 9.86. The Kier molecular flexibility index (Phi) is 5.19. The number of anilines is 1. The summed E-state index contributed by atoms with van der Waals surface area (Å²) in [6.45, 7) is 6.13. The summed E-state index contributed by atoms with van der Waals surface area (Å²) in [6.07, 6.45) is 1.66. The summed E-state index contributed by atoms with van der Waals surface area (Å²) in [7, 11) is 0. The molecular weight excluding hydrogens is 374 g/mol. The van der Waals surface area contributed by atoms with E-state index in [4.69, 9.17) is 0 Å². The third kappa shape index (κ3) is 3.62. The van der Waals surface area contributed by atoms with E-state index in [1.165, 1.54) is 4.90 Å². The van der Waals surface area contributed by atoms with Gasteiger partial charge in [0, 0.05) is 11.9 Å². The van der Waals surface area contributed by atoms with Gasteiger partial charge in [-0.1, -0.05) is 48.0 Å². The smallest absolute Gasteiger partial charge is 0.278 e. The van der Waals surface area contributed by atoms with E-state index in [2.05, 4.69) is 10.3 Å². The molecule has 0 aliphatic carbocycles. The van der Waals surface area contributed by atoms with Crippen LogP contribution in [0.4, 0.5) is 5.69 Å². The lowest BCUT2D eigenvalue weighted by Gasteiger charge is -2.15. The van der Waals surface area contributed by atoms with E-state index in [0.717, 1.165) is 27.9 Å². The summed E-state index contributed by atoms with van der Waals surface area (Å²) in [5.41, 5.74) is 6.12. The van der Waals surface area contributed by atoms with Crippen molar-refractivity contribution in [2.45, 2.75) is 27.3 Å². The minimum atomic E-state index is -0.345. The Balaban J connectivity index is 1.77. The third-order valence-corrected chi connectivity index (χ3v) is 5.42. The summed E-state index contributed by atoms with van der Waals surface area (Å²) >= 11 is 0. The summed E-state index contributed by atoms with van der Waals surface area (Å²) in [4.78, 5) is 32.2. The molecule has 0 unspecified atom stereocenters. The minimum Gasteiger partial charge on any atom is -0.350 e. The van der Waals surface area contributed by atoms with Crippen molar-refractivity contribution in [1.82, 2.24) is 9.88 Å². The average molecular weight is 397 g/mol. The highest BCUT2D eigenvalue weighted by atomic mass is 16.2. The second-order valence-corrected chi connectivity index (χ2v) is 7.51. The molecule has 0 radical (unpaired) electrons. The number of carbonyl (C=O) groups excluding carboxylic acids is 2. The van der Waals surface area contributed by atoms with Crippen LogP contribution in [0.3, 0.4) is 0 Å². The lowest BCUT2D eigenvalue weighted by Crippen LogP contribution is -2.32. The van der Waals surface area contributed by atoms with Crippen LogP contribution < -0.4 is 5.32 Å². The zero-order chi connectivity index (χ0) is 21.3. The number of benzene rings is 2. The quantitative estimate of drug-likeness (QED) is 0.648. The van der Waals surface area contributed by atoms with Crippen molar-refractivity contribution in [3.05, 3.63) is 101 Å². The first-order valence-corrected chi connectivity index (χ1v) is 9.86. The number of aromatic nitrogens is 1. The molecule has 1 aromatic heterocycles. The number of nitrogens with one attached hydrogen (secondary N) is 1. The molecule has 1 aliphatic rings. The normalized spacial score (nSPS) is 13.9. The molecule has 0 bridgehead atoms. The highest BCUT2D eigenvalue weighted by Gasteiger charge is 2.39. The van der Waals surface area contributed by atoms with Crippen LogP contribution in [0.25, 0.3) is 5.57 Å². The maximum Gasteiger partial charge on any atom is 0.278 e. The summed E-state index contributed by atoms with van der Waals surface area (Å²) in [5.74, 6) is -0.663. The molecule has 5 nitrogen and oxygen atoms in total. The van der Waals surface area contributed by atoms with Crippen LogP contribution in [0.2, 0.25) is 0 Å². The Morgan fingerprint density at radius 3 is 2.33 bits per heavy atom. The molecule has 0 atom stereocenters. The average Bonchev–Trinajstić information content (AvgIpc) is 2.97. The molecule has 0 saturated carbocycles. The molecule has 150 valence electrons. The fourth-order valence-corrected chi connectivity index (χ4v) is 3.50. The molecule has 5 heteroatoms. The van der Waals surface area contributed by atoms with Gasteiger partial charge in [0.25, 0.3) is 11.8 Å². The van der Waals surface area contributed by atoms with Gasteiger partial charge >= 0.3 is 0 Å². The number of pyridine rings is 1. The van der Waals surface area contributed by atoms with Gasteiger partial charge in [0.1, 0.15) is 5.70 Å². The number of carbonyl (C=O) groups is 2. The van der Waals surface area contributed by atoms with Gasteiger partial charge in [0.15, 0.2) is 0 Å². The Morgan fingerprint density at radius 2 is 1.63 bits per heavy atom. The van der Waals surface area contributed by atoms with Crippen LogP contribution in [-0.2, 0) is 16.1 Å². The Hall–Kier alpha value is -3.73. The predicted molar refractivity (Wildman–Crippen MR) is 117 cm³/mol. The molecule has 2 aromatic carbocycles. The fourth-order valence-electron chi connectivity index (χ4n) is 3.50. The largest absolute Gasteiger partial charge is 0.350 e. The van der Waals surface area contributed by atoms with Crippen LogP contribution in [0, 0.1) is 20.8 Å². The summed E-state index contributed by atoms with van der Waals surface area (Å²) in [6, 6.07) is 19.0. The molecule has 1 aliphatic heterocycles. The van der Waals surface area contributed by atoms with E-state index in [-0.39, 0.29) is 18.4 Å². The van der Waals surface area contributed by atoms with E-state index in [1.54, 1.807) is 12.3 Å². The SMILES string of the molecule is Cc1ccc(C2=C(Nc3cccc(C)c3C)C(=O)N(Cc3ccccn3)C2=O)cc1. The monoisotopic (exact) mass is 397 g/mol. The van der Waals surface area contributed by atoms with Crippen molar-refractivity contribution in [1.29, 1.82) is 0 Å². The number of nitrogens with zero attached hydrogens (tertiary/aromatic N) is 2. The van der Waals surface area contributed by atoms with E-state index < -0.39 is 0 Å². The lowest BCUT2D eigenvalue weighted by atomic mass is 10.0. The summed E-state index contributed by atoms with van der Waals surface area (Å²) < 4.78 is 0. The standard InChI is InChI=1S/C25H23N3O2/c1-16-10-12-19(13-11-16)22-23(27-21-9-6-7-17(2)18(21)3)25(30)28(24(22)29)15-20-8-4-5-14-26-20/h4-14,27H,15H2,1-3H3. The molecule has 0 fully saturated rings. The Morgan fingerprint density at radius 1 is 0.867 bits per heavy atom. The first kappa shape index (κ1) is 19.6. The summed E-state index contributed by atoms with van der Waals surface area (Å²) in [5, 5.41) is 3.26. The second-order valence-electron chi connectivity index (χ2n) is 7.51.